The van der Waals surface area contributed by atoms with Crippen molar-refractivity contribution in [1.82, 2.24) is 0 Å². The Morgan fingerprint density at radius 1 is 0.808 bits per heavy atom. The van der Waals surface area contributed by atoms with Crippen molar-refractivity contribution in [2.45, 2.75) is 41.1 Å². The second-order valence-corrected chi connectivity index (χ2v) is 8.11. The molecular weight excluding hydrogens is 340 g/mol. The first-order valence-electron chi connectivity index (χ1n) is 8.84. The molecule has 0 amide bonds. The molecular formula is C23H23O2S+. The Morgan fingerprint density at radius 2 is 1.27 bits per heavy atom. The van der Waals surface area contributed by atoms with Gasteiger partial charge in [0.25, 0.3) is 0 Å². The van der Waals surface area contributed by atoms with E-state index in [1.807, 2.05) is 50.2 Å². The lowest BCUT2D eigenvalue weighted by Crippen LogP contribution is -2.14. The van der Waals surface area contributed by atoms with Crippen LogP contribution in [0.1, 0.15) is 30.6 Å². The number of carbonyl (C=O) groups is 1. The molecule has 0 radical (unpaired) electrons. The lowest BCUT2D eigenvalue weighted by molar-refractivity contribution is 0.0334. The molecule has 0 saturated carbocycles. The maximum Gasteiger partial charge on any atom is 0.338 e. The van der Waals surface area contributed by atoms with E-state index < -0.39 is 0 Å². The van der Waals surface area contributed by atoms with Crippen molar-refractivity contribution in [2.75, 3.05) is 0 Å². The summed E-state index contributed by atoms with van der Waals surface area (Å²) in [6.45, 7) is 3.92. The Bertz CT molecular complexity index is 790. The van der Waals surface area contributed by atoms with Crippen molar-refractivity contribution in [3.63, 3.8) is 0 Å². The molecule has 0 spiro atoms. The van der Waals surface area contributed by atoms with Gasteiger partial charge >= 0.3 is 5.97 Å². The van der Waals surface area contributed by atoms with Gasteiger partial charge in [-0.05, 0) is 61.9 Å². The molecule has 2 nitrogen and oxygen atoms in total. The molecule has 0 aromatic heterocycles. The third kappa shape index (κ3) is 4.36. The largest absolute Gasteiger partial charge is 0.459 e. The van der Waals surface area contributed by atoms with Gasteiger partial charge in [0.1, 0.15) is 0 Å². The molecule has 1 unspecified atom stereocenters. The van der Waals surface area contributed by atoms with Crippen LogP contribution in [0.2, 0.25) is 0 Å². The van der Waals surface area contributed by atoms with Gasteiger partial charge in [-0.3, -0.25) is 0 Å². The minimum absolute atomic E-state index is 0.0644. The first-order chi connectivity index (χ1) is 12.7. The zero-order chi connectivity index (χ0) is 18.4. The number of benzene rings is 3. The van der Waals surface area contributed by atoms with Crippen LogP contribution in [0.25, 0.3) is 0 Å². The lowest BCUT2D eigenvalue weighted by Gasteiger charge is -2.11. The van der Waals surface area contributed by atoms with E-state index in [0.29, 0.717) is 5.56 Å². The lowest BCUT2D eigenvalue weighted by atomic mass is 10.2. The van der Waals surface area contributed by atoms with E-state index in [0.717, 1.165) is 6.42 Å². The van der Waals surface area contributed by atoms with Gasteiger partial charge in [0.05, 0.1) is 22.6 Å². The third-order valence-electron chi connectivity index (χ3n) is 4.17. The van der Waals surface area contributed by atoms with E-state index in [4.69, 9.17) is 4.74 Å². The van der Waals surface area contributed by atoms with E-state index in [9.17, 15) is 4.79 Å². The number of carbonyl (C=O) groups excluding carboxylic acids is 1. The highest BCUT2D eigenvalue weighted by Gasteiger charge is 2.28. The SMILES string of the molecule is CCC(C)OC(=O)c1ccc([S+](c2ccccc2)c2ccccc2)cc1. The summed E-state index contributed by atoms with van der Waals surface area (Å²) < 4.78 is 5.42. The summed E-state index contributed by atoms with van der Waals surface area (Å²) in [6.07, 6.45) is 0.750. The second-order valence-electron chi connectivity index (χ2n) is 6.08. The fourth-order valence-electron chi connectivity index (χ4n) is 2.58. The summed E-state index contributed by atoms with van der Waals surface area (Å²) in [7, 11) is -0.201. The maximum atomic E-state index is 12.2. The normalized spacial score (nSPS) is 12.0. The number of rotatable bonds is 6. The Balaban J connectivity index is 1.92. The molecule has 3 aromatic rings. The smallest absolute Gasteiger partial charge is 0.338 e. The number of ether oxygens (including phenoxy) is 1. The van der Waals surface area contributed by atoms with Gasteiger partial charge in [0.2, 0.25) is 0 Å². The van der Waals surface area contributed by atoms with Crippen LogP contribution in [0, 0.1) is 0 Å². The molecule has 0 bridgehead atoms. The van der Waals surface area contributed by atoms with Crippen molar-refractivity contribution in [2.24, 2.45) is 0 Å². The maximum absolute atomic E-state index is 12.2. The standard InChI is InChI=1S/C23H23O2S/c1-3-18(2)25-23(24)19-14-16-22(17-15-19)26(20-10-6-4-7-11-20)21-12-8-5-9-13-21/h4-18H,3H2,1-2H3/q+1. The fourth-order valence-corrected chi connectivity index (χ4v) is 4.67. The minimum Gasteiger partial charge on any atom is -0.459 e. The second kappa shape index (κ2) is 8.72. The average molecular weight is 364 g/mol. The van der Waals surface area contributed by atoms with Crippen LogP contribution in [0.5, 0.6) is 0 Å². The number of hydrogen-bond acceptors (Lipinski definition) is 2. The van der Waals surface area contributed by atoms with Crippen molar-refractivity contribution >= 4 is 16.9 Å². The van der Waals surface area contributed by atoms with E-state index in [1.54, 1.807) is 0 Å². The van der Waals surface area contributed by atoms with Gasteiger partial charge in [0, 0.05) is 0 Å². The summed E-state index contributed by atoms with van der Waals surface area (Å²) in [5.41, 5.74) is 0.596. The Labute approximate surface area is 158 Å². The molecule has 0 aliphatic carbocycles. The summed E-state index contributed by atoms with van der Waals surface area (Å²) in [6, 6.07) is 28.8. The summed E-state index contributed by atoms with van der Waals surface area (Å²) in [5, 5.41) is 0. The summed E-state index contributed by atoms with van der Waals surface area (Å²) in [4.78, 5) is 15.9. The zero-order valence-corrected chi connectivity index (χ0v) is 15.9. The van der Waals surface area contributed by atoms with Gasteiger partial charge < -0.3 is 4.74 Å². The third-order valence-corrected chi connectivity index (χ3v) is 6.40. The van der Waals surface area contributed by atoms with Crippen molar-refractivity contribution in [3.05, 3.63) is 90.5 Å². The molecule has 0 aliphatic heterocycles. The molecule has 0 heterocycles. The Morgan fingerprint density at radius 3 is 1.73 bits per heavy atom. The van der Waals surface area contributed by atoms with Gasteiger partial charge in [-0.25, -0.2) is 4.79 Å². The highest BCUT2D eigenvalue weighted by molar-refractivity contribution is 7.97. The monoisotopic (exact) mass is 363 g/mol. The molecule has 0 saturated heterocycles. The molecule has 26 heavy (non-hydrogen) atoms. The quantitative estimate of drug-likeness (QED) is 0.412. The minimum atomic E-state index is -0.259. The molecule has 0 aliphatic rings. The first kappa shape index (κ1) is 18.3. The fraction of sp³-hybridized carbons (Fsp3) is 0.174. The number of hydrogen-bond donors (Lipinski definition) is 0. The van der Waals surface area contributed by atoms with E-state index >= 15 is 0 Å². The van der Waals surface area contributed by atoms with Crippen LogP contribution in [0.4, 0.5) is 0 Å². The van der Waals surface area contributed by atoms with Crippen molar-refractivity contribution in [3.8, 4) is 0 Å². The predicted octanol–water partition coefficient (Wildman–Crippen LogP) is 5.74. The highest BCUT2D eigenvalue weighted by atomic mass is 32.2. The summed E-state index contributed by atoms with van der Waals surface area (Å²) in [5.74, 6) is -0.259. The molecule has 3 rings (SSSR count). The zero-order valence-electron chi connectivity index (χ0n) is 15.1. The van der Waals surface area contributed by atoms with Crippen LogP contribution in [0.3, 0.4) is 0 Å². The van der Waals surface area contributed by atoms with Crippen molar-refractivity contribution in [1.29, 1.82) is 0 Å². The summed E-state index contributed by atoms with van der Waals surface area (Å²) >= 11 is 0. The van der Waals surface area contributed by atoms with E-state index in [1.165, 1.54) is 14.7 Å². The van der Waals surface area contributed by atoms with Crippen LogP contribution in [-0.2, 0) is 15.6 Å². The predicted molar refractivity (Wildman–Crippen MR) is 107 cm³/mol. The Hall–Kier alpha value is -2.52. The van der Waals surface area contributed by atoms with Gasteiger partial charge in [-0.2, -0.15) is 0 Å². The van der Waals surface area contributed by atoms with Gasteiger partial charge in [-0.1, -0.05) is 43.3 Å². The molecule has 132 valence electrons. The van der Waals surface area contributed by atoms with Gasteiger partial charge in [0.15, 0.2) is 14.7 Å². The molecule has 3 heteroatoms. The molecule has 0 fully saturated rings. The topological polar surface area (TPSA) is 26.3 Å². The Kier molecular flexibility index (Phi) is 6.13. The van der Waals surface area contributed by atoms with Crippen LogP contribution >= 0.6 is 0 Å². The molecule has 0 N–H and O–H groups in total. The van der Waals surface area contributed by atoms with Crippen molar-refractivity contribution < 1.29 is 9.53 Å². The van der Waals surface area contributed by atoms with E-state index in [-0.39, 0.29) is 23.0 Å². The van der Waals surface area contributed by atoms with Crippen LogP contribution in [-0.4, -0.2) is 12.1 Å². The highest BCUT2D eigenvalue weighted by Crippen LogP contribution is 2.31. The van der Waals surface area contributed by atoms with Crippen LogP contribution < -0.4 is 0 Å². The average Bonchev–Trinajstić information content (AvgIpc) is 2.70. The first-order valence-corrected chi connectivity index (χ1v) is 10.1. The molecule has 1 atom stereocenters. The molecule has 3 aromatic carbocycles. The number of esters is 1. The van der Waals surface area contributed by atoms with Crippen LogP contribution in [0.15, 0.2) is 99.6 Å². The van der Waals surface area contributed by atoms with E-state index in [2.05, 4.69) is 48.5 Å². The van der Waals surface area contributed by atoms with Gasteiger partial charge in [-0.15, -0.1) is 0 Å².